The lowest BCUT2D eigenvalue weighted by molar-refractivity contribution is 0.126. The first-order valence-corrected chi connectivity index (χ1v) is 10.0. The van der Waals surface area contributed by atoms with Crippen molar-refractivity contribution in [2.24, 2.45) is 5.16 Å². The second kappa shape index (κ2) is 7.81. The van der Waals surface area contributed by atoms with Crippen LogP contribution in [0, 0.1) is 13.8 Å². The topological polar surface area (TPSA) is 82.5 Å². The Hall–Kier alpha value is -3.78. The fraction of sp³-hybridized carbons (Fsp3) is 0.136. The highest BCUT2D eigenvalue weighted by molar-refractivity contribution is 6.33. The predicted octanol–water partition coefficient (Wildman–Crippen LogP) is 4.28. The lowest BCUT2D eigenvalue weighted by atomic mass is 10.2. The van der Waals surface area contributed by atoms with Gasteiger partial charge in [0.25, 0.3) is 0 Å². The molecule has 4 heterocycles. The third-order valence-corrected chi connectivity index (χ3v) is 5.46. The summed E-state index contributed by atoms with van der Waals surface area (Å²) < 4.78 is 3.69. The Bertz CT molecular complexity index is 1420. The number of benzene rings is 1. The van der Waals surface area contributed by atoms with Crippen molar-refractivity contribution in [1.82, 2.24) is 29.1 Å². The first-order valence-electron chi connectivity index (χ1n) is 9.66. The third kappa shape index (κ3) is 3.40. The highest BCUT2D eigenvalue weighted by atomic mass is 35.5. The summed E-state index contributed by atoms with van der Waals surface area (Å²) >= 11 is 6.11. The standard InChI is InChI=1S/C22H18ClN7O/c1-14-15(2)30(19-9-5-6-10-24-19)21-20(14)22-27-18(28-29(22)13-25-21)12-31-26-11-16-7-3-4-8-17(16)23/h3-11,13H,12H2,1-2H3/b26-11-. The van der Waals surface area contributed by atoms with Crippen LogP contribution in [0.1, 0.15) is 22.6 Å². The molecule has 154 valence electrons. The number of aromatic nitrogens is 6. The molecule has 0 saturated heterocycles. The van der Waals surface area contributed by atoms with Gasteiger partial charge in [-0.25, -0.2) is 19.5 Å². The molecule has 5 rings (SSSR count). The number of aryl methyl sites for hydroxylation is 1. The number of oxime groups is 1. The summed E-state index contributed by atoms with van der Waals surface area (Å²) in [7, 11) is 0. The molecule has 4 aromatic heterocycles. The van der Waals surface area contributed by atoms with E-state index in [2.05, 4.69) is 32.1 Å². The first-order chi connectivity index (χ1) is 15.1. The normalized spacial score (nSPS) is 11.7. The van der Waals surface area contributed by atoms with Gasteiger partial charge in [-0.2, -0.15) is 0 Å². The van der Waals surface area contributed by atoms with Crippen molar-refractivity contribution in [1.29, 1.82) is 0 Å². The van der Waals surface area contributed by atoms with Crippen molar-refractivity contribution in [3.63, 3.8) is 0 Å². The van der Waals surface area contributed by atoms with Crippen molar-refractivity contribution >= 4 is 34.5 Å². The summed E-state index contributed by atoms with van der Waals surface area (Å²) in [5.74, 6) is 1.32. The summed E-state index contributed by atoms with van der Waals surface area (Å²) in [5, 5.41) is 9.99. The van der Waals surface area contributed by atoms with E-state index < -0.39 is 0 Å². The van der Waals surface area contributed by atoms with Crippen LogP contribution >= 0.6 is 11.6 Å². The van der Waals surface area contributed by atoms with Crippen molar-refractivity contribution < 1.29 is 4.84 Å². The molecule has 8 nitrogen and oxygen atoms in total. The van der Waals surface area contributed by atoms with E-state index in [0.717, 1.165) is 33.7 Å². The van der Waals surface area contributed by atoms with Crippen LogP contribution in [0.5, 0.6) is 0 Å². The molecule has 0 N–H and O–H groups in total. The number of rotatable bonds is 5. The first kappa shape index (κ1) is 19.2. The van der Waals surface area contributed by atoms with Crippen LogP contribution in [0.25, 0.3) is 22.5 Å². The van der Waals surface area contributed by atoms with Crippen LogP contribution in [-0.4, -0.2) is 35.3 Å². The minimum Gasteiger partial charge on any atom is -0.387 e. The van der Waals surface area contributed by atoms with Gasteiger partial charge in [0.1, 0.15) is 12.1 Å². The molecule has 0 spiro atoms. The maximum absolute atomic E-state index is 6.11. The summed E-state index contributed by atoms with van der Waals surface area (Å²) in [6, 6.07) is 13.2. The lowest BCUT2D eigenvalue weighted by Crippen LogP contribution is -2.01. The van der Waals surface area contributed by atoms with Gasteiger partial charge in [-0.1, -0.05) is 41.0 Å². The Morgan fingerprint density at radius 3 is 2.71 bits per heavy atom. The van der Waals surface area contributed by atoms with Crippen LogP contribution in [0.3, 0.4) is 0 Å². The van der Waals surface area contributed by atoms with E-state index in [1.807, 2.05) is 47.9 Å². The predicted molar refractivity (Wildman–Crippen MR) is 119 cm³/mol. The monoisotopic (exact) mass is 431 g/mol. The zero-order chi connectivity index (χ0) is 21.4. The molecule has 31 heavy (non-hydrogen) atoms. The molecule has 1 aromatic carbocycles. The van der Waals surface area contributed by atoms with Gasteiger partial charge >= 0.3 is 0 Å². The summed E-state index contributed by atoms with van der Waals surface area (Å²) in [6.07, 6.45) is 4.99. The fourth-order valence-corrected chi connectivity index (χ4v) is 3.69. The Morgan fingerprint density at radius 1 is 1.06 bits per heavy atom. The largest absolute Gasteiger partial charge is 0.387 e. The van der Waals surface area contributed by atoms with Gasteiger partial charge in [-0.3, -0.25) is 4.57 Å². The molecule has 0 fully saturated rings. The molecule has 0 radical (unpaired) electrons. The van der Waals surface area contributed by atoms with Gasteiger partial charge in [-0.05, 0) is 37.6 Å². The molecule has 0 atom stereocenters. The molecule has 0 amide bonds. The number of fused-ring (bicyclic) bond motifs is 3. The van der Waals surface area contributed by atoms with Gasteiger partial charge in [0, 0.05) is 22.5 Å². The Labute approximate surface area is 182 Å². The molecule has 0 saturated carbocycles. The molecule has 0 aliphatic rings. The average molecular weight is 432 g/mol. The average Bonchev–Trinajstić information content (AvgIpc) is 3.31. The van der Waals surface area contributed by atoms with Gasteiger partial charge in [0.2, 0.25) is 0 Å². The van der Waals surface area contributed by atoms with Gasteiger partial charge in [-0.15, -0.1) is 5.10 Å². The van der Waals surface area contributed by atoms with E-state index in [4.69, 9.17) is 16.4 Å². The molecular weight excluding hydrogens is 414 g/mol. The van der Waals surface area contributed by atoms with Crippen LogP contribution in [0.15, 0.2) is 60.1 Å². The maximum Gasteiger partial charge on any atom is 0.192 e. The molecule has 0 aliphatic heterocycles. The van der Waals surface area contributed by atoms with E-state index in [1.165, 1.54) is 0 Å². The molecule has 0 aliphatic carbocycles. The number of halogens is 1. The van der Waals surface area contributed by atoms with Gasteiger partial charge < -0.3 is 4.84 Å². The molecule has 0 bridgehead atoms. The quantitative estimate of drug-likeness (QED) is 0.306. The van der Waals surface area contributed by atoms with E-state index in [0.29, 0.717) is 16.5 Å². The highest BCUT2D eigenvalue weighted by Gasteiger charge is 2.19. The summed E-state index contributed by atoms with van der Waals surface area (Å²) in [4.78, 5) is 19.1. The Kier molecular flexibility index (Phi) is 4.83. The van der Waals surface area contributed by atoms with E-state index in [9.17, 15) is 0 Å². The smallest absolute Gasteiger partial charge is 0.192 e. The van der Waals surface area contributed by atoms with E-state index in [-0.39, 0.29) is 6.61 Å². The number of nitrogens with zero attached hydrogens (tertiary/aromatic N) is 7. The minimum atomic E-state index is 0.128. The Balaban J connectivity index is 1.47. The molecule has 9 heteroatoms. The number of pyridine rings is 1. The third-order valence-electron chi connectivity index (χ3n) is 5.12. The number of hydrogen-bond donors (Lipinski definition) is 0. The van der Waals surface area contributed by atoms with Crippen molar-refractivity contribution in [3.8, 4) is 5.82 Å². The van der Waals surface area contributed by atoms with E-state index >= 15 is 0 Å². The maximum atomic E-state index is 6.11. The van der Waals surface area contributed by atoms with Crippen LogP contribution in [0.4, 0.5) is 0 Å². The zero-order valence-electron chi connectivity index (χ0n) is 16.9. The van der Waals surface area contributed by atoms with Crippen LogP contribution in [0.2, 0.25) is 5.02 Å². The molecular formula is C22H18ClN7O. The van der Waals surface area contributed by atoms with Gasteiger partial charge in [0.15, 0.2) is 23.7 Å². The lowest BCUT2D eigenvalue weighted by Gasteiger charge is -2.05. The number of hydrogen-bond acceptors (Lipinski definition) is 6. The fourth-order valence-electron chi connectivity index (χ4n) is 3.50. The van der Waals surface area contributed by atoms with E-state index in [1.54, 1.807) is 29.3 Å². The summed E-state index contributed by atoms with van der Waals surface area (Å²) in [5.41, 5.74) is 4.42. The van der Waals surface area contributed by atoms with Crippen molar-refractivity contribution in [2.45, 2.75) is 20.5 Å². The van der Waals surface area contributed by atoms with Crippen molar-refractivity contribution in [2.75, 3.05) is 0 Å². The zero-order valence-corrected chi connectivity index (χ0v) is 17.7. The molecule has 5 aromatic rings. The van der Waals surface area contributed by atoms with Gasteiger partial charge in [0.05, 0.1) is 11.6 Å². The summed E-state index contributed by atoms with van der Waals surface area (Å²) in [6.45, 7) is 4.23. The van der Waals surface area contributed by atoms with Crippen LogP contribution in [-0.2, 0) is 11.4 Å². The minimum absolute atomic E-state index is 0.128. The second-order valence-electron chi connectivity index (χ2n) is 7.00. The SMILES string of the molecule is Cc1c(C)n(-c2ccccn2)c2ncn3nc(CO/N=C\c4ccccc4Cl)nc3c12. The second-order valence-corrected chi connectivity index (χ2v) is 7.41. The van der Waals surface area contributed by atoms with Crippen LogP contribution < -0.4 is 0 Å². The van der Waals surface area contributed by atoms with Crippen molar-refractivity contribution in [3.05, 3.63) is 82.7 Å². The highest BCUT2D eigenvalue weighted by Crippen LogP contribution is 2.29. The Morgan fingerprint density at radius 2 is 1.90 bits per heavy atom. The molecule has 0 unspecified atom stereocenters.